The van der Waals surface area contributed by atoms with Gasteiger partial charge in [-0.3, -0.25) is 0 Å². The number of rotatable bonds is 6. The van der Waals surface area contributed by atoms with Gasteiger partial charge in [0.15, 0.2) is 0 Å². The van der Waals surface area contributed by atoms with Crippen molar-refractivity contribution in [2.75, 3.05) is 13.3 Å². The molecule has 34 heavy (non-hydrogen) atoms. The first-order valence-electron chi connectivity index (χ1n) is 11.5. The molecular weight excluding hydrogens is 558 g/mol. The molecule has 5 aromatic carbocycles. The Hall–Kier alpha value is -1.72. The summed E-state index contributed by atoms with van der Waals surface area (Å²) in [6, 6.07) is 45.4. The fourth-order valence-corrected chi connectivity index (χ4v) is 13.1. The van der Waals surface area contributed by atoms with Crippen LogP contribution in [0.1, 0.15) is 0 Å². The van der Waals surface area contributed by atoms with Crippen LogP contribution in [0.2, 0.25) is 0 Å². The van der Waals surface area contributed by atoms with E-state index in [0.717, 1.165) is 0 Å². The summed E-state index contributed by atoms with van der Waals surface area (Å²) in [6.45, 7) is 4.83. The van der Waals surface area contributed by atoms with Gasteiger partial charge in [-0.05, 0) is 0 Å². The zero-order valence-corrected chi connectivity index (χ0v) is 24.8. The van der Waals surface area contributed by atoms with Crippen molar-refractivity contribution in [3.05, 3.63) is 121 Å². The van der Waals surface area contributed by atoms with Crippen LogP contribution in [0.25, 0.3) is 10.8 Å². The van der Waals surface area contributed by atoms with Gasteiger partial charge < -0.3 is 0 Å². The Morgan fingerprint density at radius 1 is 0.500 bits per heavy atom. The second kappa shape index (κ2) is 11.8. The van der Waals surface area contributed by atoms with Crippen molar-refractivity contribution >= 4 is 72.1 Å². The van der Waals surface area contributed by atoms with Gasteiger partial charge in [0, 0.05) is 17.1 Å². The average Bonchev–Trinajstić information content (AvgIpc) is 2.86. The molecule has 0 heterocycles. The third-order valence-electron chi connectivity index (χ3n) is 6.14. The standard InChI is InChI=1S/C30H27GeP2.Cu/c1-32(2)29-22-12-14-23-13-11-20-27(30(23)29)31-26-19-9-10-21-28(26)33(24-15-5-3-6-16-24)25-17-7-4-8-18-25;/h3-22,31H,1-2H3;/p+2. The molecular formula is C30H29CuGeP2+2. The Balaban J connectivity index is 0.00000274. The third-order valence-corrected chi connectivity index (χ3v) is 14.4. The molecule has 0 aliphatic rings. The molecule has 0 aliphatic heterocycles. The summed E-state index contributed by atoms with van der Waals surface area (Å²) in [5.74, 6) is 0. The van der Waals surface area contributed by atoms with Crippen LogP contribution in [-0.2, 0) is 17.1 Å². The van der Waals surface area contributed by atoms with Gasteiger partial charge in [-0.25, -0.2) is 0 Å². The van der Waals surface area contributed by atoms with E-state index >= 15 is 0 Å². The summed E-state index contributed by atoms with van der Waals surface area (Å²) in [5.41, 5.74) is 0. The van der Waals surface area contributed by atoms with Crippen molar-refractivity contribution in [1.29, 1.82) is 0 Å². The normalized spacial score (nSPS) is 11.1. The fraction of sp³-hybridized carbons (Fsp3) is 0.0667. The van der Waals surface area contributed by atoms with Crippen LogP contribution in [0.15, 0.2) is 121 Å². The van der Waals surface area contributed by atoms with Crippen LogP contribution in [0.5, 0.6) is 0 Å². The van der Waals surface area contributed by atoms with Crippen molar-refractivity contribution in [2.45, 2.75) is 0 Å². The average molecular weight is 588 g/mol. The van der Waals surface area contributed by atoms with Gasteiger partial charge in [-0.1, -0.05) is 0 Å². The Kier molecular flexibility index (Phi) is 8.82. The number of benzene rings is 5. The van der Waals surface area contributed by atoms with Crippen molar-refractivity contribution in [1.82, 2.24) is 0 Å². The Bertz CT molecular complexity index is 1330. The molecule has 4 heteroatoms. The van der Waals surface area contributed by atoms with Gasteiger partial charge in [-0.2, -0.15) is 0 Å². The molecule has 0 nitrogen and oxygen atoms in total. The van der Waals surface area contributed by atoms with Crippen LogP contribution < -0.4 is 30.0 Å². The van der Waals surface area contributed by atoms with Gasteiger partial charge in [0.2, 0.25) is 0 Å². The van der Waals surface area contributed by atoms with Crippen LogP contribution in [0, 0.1) is 0 Å². The van der Waals surface area contributed by atoms with E-state index < -0.39 is 31.3 Å². The summed E-state index contributed by atoms with van der Waals surface area (Å²) in [5, 5.41) is 9.02. The molecule has 0 unspecified atom stereocenters. The van der Waals surface area contributed by atoms with Crippen molar-refractivity contribution in [3.63, 3.8) is 0 Å². The zero-order valence-electron chi connectivity index (χ0n) is 19.4. The molecule has 0 atom stereocenters. The maximum absolute atomic E-state index is 2.42. The Morgan fingerprint density at radius 3 is 1.62 bits per heavy atom. The topological polar surface area (TPSA) is 0 Å². The van der Waals surface area contributed by atoms with E-state index in [9.17, 15) is 0 Å². The molecule has 0 fully saturated rings. The second-order valence-corrected chi connectivity index (χ2v) is 16.8. The van der Waals surface area contributed by atoms with Crippen molar-refractivity contribution < 1.29 is 17.1 Å². The SMILES string of the molecule is C[PH+](C)c1cccc2ccc[c]([GeH][c]3ccccc3[PH+](c3ccccc3)c3ccccc3)c12.[Cu]. The molecule has 5 rings (SSSR count). The summed E-state index contributed by atoms with van der Waals surface area (Å²) in [7, 11) is -1.59. The van der Waals surface area contributed by atoms with Crippen molar-refractivity contribution in [2.24, 2.45) is 0 Å². The van der Waals surface area contributed by atoms with Gasteiger partial charge in [0.1, 0.15) is 0 Å². The van der Waals surface area contributed by atoms with E-state index in [0.29, 0.717) is 0 Å². The van der Waals surface area contributed by atoms with Crippen LogP contribution in [0.4, 0.5) is 0 Å². The smallest absolute Gasteiger partial charge is 0 e. The summed E-state index contributed by atoms with van der Waals surface area (Å²) >= 11 is -0.851. The van der Waals surface area contributed by atoms with Crippen LogP contribution in [-0.4, -0.2) is 28.8 Å². The van der Waals surface area contributed by atoms with Crippen LogP contribution >= 0.6 is 15.8 Å². The maximum atomic E-state index is 2.42. The van der Waals surface area contributed by atoms with Gasteiger partial charge >= 0.3 is 207 Å². The summed E-state index contributed by atoms with van der Waals surface area (Å²) in [6.07, 6.45) is 0. The molecule has 0 aromatic heterocycles. The van der Waals surface area contributed by atoms with Gasteiger partial charge in [-0.15, -0.1) is 0 Å². The Morgan fingerprint density at radius 2 is 1.00 bits per heavy atom. The van der Waals surface area contributed by atoms with Gasteiger partial charge in [0.25, 0.3) is 0 Å². The van der Waals surface area contributed by atoms with Crippen molar-refractivity contribution in [3.8, 4) is 0 Å². The molecule has 0 spiro atoms. The first-order valence-corrected chi connectivity index (χ1v) is 17.9. The third kappa shape index (κ3) is 5.41. The molecule has 0 saturated heterocycles. The zero-order chi connectivity index (χ0) is 22.6. The number of fused-ring (bicyclic) bond motifs is 1. The van der Waals surface area contributed by atoms with E-state index in [1.165, 1.54) is 16.0 Å². The summed E-state index contributed by atoms with van der Waals surface area (Å²) in [4.78, 5) is 0. The first kappa shape index (κ1) is 25.4. The maximum Gasteiger partial charge on any atom is 0 e. The molecule has 5 aromatic rings. The van der Waals surface area contributed by atoms with E-state index in [4.69, 9.17) is 0 Å². The minimum Gasteiger partial charge on any atom is 0 e. The fourth-order valence-electron chi connectivity index (χ4n) is 4.61. The second-order valence-electron chi connectivity index (χ2n) is 8.59. The monoisotopic (exact) mass is 588 g/mol. The molecule has 0 aliphatic carbocycles. The quantitative estimate of drug-likeness (QED) is 0.210. The number of hydrogen-bond donors (Lipinski definition) is 0. The molecule has 172 valence electrons. The van der Waals surface area contributed by atoms with Crippen LogP contribution in [0.3, 0.4) is 0 Å². The van der Waals surface area contributed by atoms with E-state index in [-0.39, 0.29) is 17.1 Å². The molecule has 2 radical (unpaired) electrons. The first-order chi connectivity index (χ1) is 16.2. The Labute approximate surface area is 222 Å². The molecule has 0 amide bonds. The molecule has 0 N–H and O–H groups in total. The minimum atomic E-state index is -1.06. The van der Waals surface area contributed by atoms with Gasteiger partial charge in [0.05, 0.1) is 0 Å². The molecule has 0 saturated carbocycles. The predicted molar refractivity (Wildman–Crippen MR) is 157 cm³/mol. The molecule has 0 bridgehead atoms. The largest absolute Gasteiger partial charge is 0 e. The predicted octanol–water partition coefficient (Wildman–Crippen LogP) is 3.81. The number of hydrogen-bond acceptors (Lipinski definition) is 0. The minimum absolute atomic E-state index is 0. The van der Waals surface area contributed by atoms with E-state index in [2.05, 4.69) is 135 Å². The van der Waals surface area contributed by atoms with E-state index in [1.54, 1.807) is 24.8 Å². The summed E-state index contributed by atoms with van der Waals surface area (Å²) < 4.78 is 3.21. The van der Waals surface area contributed by atoms with E-state index in [1.807, 2.05) is 0 Å².